The summed E-state index contributed by atoms with van der Waals surface area (Å²) >= 11 is 0. The molecule has 0 heterocycles. The van der Waals surface area contributed by atoms with E-state index >= 15 is 0 Å². The Balaban J connectivity index is 3.12. The van der Waals surface area contributed by atoms with Gasteiger partial charge in [-0.25, -0.2) is 0 Å². The van der Waals surface area contributed by atoms with Crippen LogP contribution in [-0.4, -0.2) is 23.8 Å². The number of aliphatic hydroxyl groups is 1. The fraction of sp³-hybridized carbons (Fsp3) is 0.947. The van der Waals surface area contributed by atoms with E-state index in [0.717, 1.165) is 12.8 Å². The number of carbonyl (C=O) groups is 1. The molecule has 3 nitrogen and oxygen atoms in total. The molecule has 0 aromatic rings. The molecule has 0 amide bonds. The highest BCUT2D eigenvalue weighted by Crippen LogP contribution is 2.13. The van der Waals surface area contributed by atoms with E-state index in [1.165, 1.54) is 70.6 Å². The van der Waals surface area contributed by atoms with Gasteiger partial charge in [0.15, 0.2) is 0 Å². The number of ether oxygens (including phenoxy) is 1. The van der Waals surface area contributed by atoms with Crippen molar-refractivity contribution in [1.82, 2.24) is 0 Å². The summed E-state index contributed by atoms with van der Waals surface area (Å²) in [5.74, 6) is -0.176. The minimum Gasteiger partial charge on any atom is -0.460 e. The molecule has 1 atom stereocenters. The van der Waals surface area contributed by atoms with E-state index < -0.39 is 0 Å². The van der Waals surface area contributed by atoms with Crippen LogP contribution in [0.4, 0.5) is 0 Å². The van der Waals surface area contributed by atoms with Crippen molar-refractivity contribution < 1.29 is 14.6 Å². The molecule has 1 N–H and O–H groups in total. The van der Waals surface area contributed by atoms with Crippen LogP contribution in [-0.2, 0) is 9.53 Å². The topological polar surface area (TPSA) is 46.5 Å². The largest absolute Gasteiger partial charge is 0.460 e. The third-order valence-electron chi connectivity index (χ3n) is 4.07. The van der Waals surface area contributed by atoms with E-state index in [1.807, 2.05) is 0 Å². The Morgan fingerprint density at radius 3 is 1.64 bits per heavy atom. The monoisotopic (exact) mass is 314 g/mol. The van der Waals surface area contributed by atoms with Gasteiger partial charge in [-0.05, 0) is 13.3 Å². The van der Waals surface area contributed by atoms with Gasteiger partial charge in [0.25, 0.3) is 0 Å². The second-order valence-corrected chi connectivity index (χ2v) is 6.48. The smallest absolute Gasteiger partial charge is 0.306 e. The quantitative estimate of drug-likeness (QED) is 0.307. The van der Waals surface area contributed by atoms with Crippen molar-refractivity contribution in [2.24, 2.45) is 0 Å². The predicted molar refractivity (Wildman–Crippen MR) is 93.0 cm³/mol. The Hall–Kier alpha value is -0.570. The van der Waals surface area contributed by atoms with Crippen LogP contribution < -0.4 is 0 Å². The first-order chi connectivity index (χ1) is 10.7. The van der Waals surface area contributed by atoms with Crippen LogP contribution in [0.25, 0.3) is 0 Å². The third kappa shape index (κ3) is 15.8. The first-order valence-electron chi connectivity index (χ1n) is 9.51. The Kier molecular flexibility index (Phi) is 16.4. The second-order valence-electron chi connectivity index (χ2n) is 6.48. The van der Waals surface area contributed by atoms with E-state index in [9.17, 15) is 4.79 Å². The minimum absolute atomic E-state index is 0.0929. The average molecular weight is 315 g/mol. The lowest BCUT2D eigenvalue weighted by Gasteiger charge is -2.09. The van der Waals surface area contributed by atoms with Crippen LogP contribution in [0.5, 0.6) is 0 Å². The molecule has 0 aliphatic rings. The van der Waals surface area contributed by atoms with Crippen LogP contribution in [0.15, 0.2) is 0 Å². The van der Waals surface area contributed by atoms with E-state index in [1.54, 1.807) is 6.92 Å². The van der Waals surface area contributed by atoms with Gasteiger partial charge < -0.3 is 9.84 Å². The molecular formula is C19H38O3. The number of esters is 1. The van der Waals surface area contributed by atoms with Crippen molar-refractivity contribution in [1.29, 1.82) is 0 Å². The van der Waals surface area contributed by atoms with Crippen molar-refractivity contribution >= 4 is 5.97 Å². The summed E-state index contributed by atoms with van der Waals surface area (Å²) in [7, 11) is 0. The van der Waals surface area contributed by atoms with Crippen molar-refractivity contribution in [3.63, 3.8) is 0 Å². The summed E-state index contributed by atoms with van der Waals surface area (Å²) in [6, 6.07) is 0. The number of hydrogen-bond acceptors (Lipinski definition) is 3. The lowest BCUT2D eigenvalue weighted by atomic mass is 10.0. The maximum Gasteiger partial charge on any atom is 0.306 e. The SMILES string of the molecule is CCCCCCCCCCCCCCCC(=O)O[C@H](C)CO. The molecule has 0 unspecified atom stereocenters. The highest BCUT2D eigenvalue weighted by molar-refractivity contribution is 5.69. The summed E-state index contributed by atoms with van der Waals surface area (Å²) in [6.07, 6.45) is 17.1. The molecule has 132 valence electrons. The Labute approximate surface area is 137 Å². The maximum atomic E-state index is 11.4. The average Bonchev–Trinajstić information content (AvgIpc) is 2.51. The van der Waals surface area contributed by atoms with Crippen LogP contribution in [0.3, 0.4) is 0 Å². The molecule has 0 saturated carbocycles. The van der Waals surface area contributed by atoms with Gasteiger partial charge in [-0.3, -0.25) is 4.79 Å². The summed E-state index contributed by atoms with van der Waals surface area (Å²) in [4.78, 5) is 11.4. The summed E-state index contributed by atoms with van der Waals surface area (Å²) < 4.78 is 5.02. The normalized spacial score (nSPS) is 12.3. The summed E-state index contributed by atoms with van der Waals surface area (Å²) in [5, 5.41) is 8.79. The lowest BCUT2D eigenvalue weighted by molar-refractivity contribution is -0.150. The first-order valence-corrected chi connectivity index (χ1v) is 9.51. The van der Waals surface area contributed by atoms with Crippen LogP contribution in [0.2, 0.25) is 0 Å². The van der Waals surface area contributed by atoms with Crippen LogP contribution >= 0.6 is 0 Å². The summed E-state index contributed by atoms with van der Waals surface area (Å²) in [6.45, 7) is 3.88. The molecule has 22 heavy (non-hydrogen) atoms. The minimum atomic E-state index is -0.366. The highest BCUT2D eigenvalue weighted by atomic mass is 16.5. The Bertz CT molecular complexity index is 241. The number of aliphatic hydroxyl groups excluding tert-OH is 1. The number of hydrogen-bond donors (Lipinski definition) is 1. The van der Waals surface area contributed by atoms with Crippen molar-refractivity contribution in [2.75, 3.05) is 6.61 Å². The Morgan fingerprint density at radius 1 is 0.818 bits per heavy atom. The molecule has 0 aliphatic heterocycles. The standard InChI is InChI=1S/C19H38O3/c1-3-4-5-6-7-8-9-10-11-12-13-14-15-16-19(21)22-18(2)17-20/h18,20H,3-17H2,1-2H3/t18-/m1/s1. The molecule has 0 fully saturated rings. The Morgan fingerprint density at radius 2 is 1.23 bits per heavy atom. The number of rotatable bonds is 16. The molecule has 0 saturated heterocycles. The third-order valence-corrected chi connectivity index (χ3v) is 4.07. The van der Waals surface area contributed by atoms with E-state index in [-0.39, 0.29) is 18.7 Å². The van der Waals surface area contributed by atoms with Crippen LogP contribution in [0, 0.1) is 0 Å². The van der Waals surface area contributed by atoms with Gasteiger partial charge in [0.1, 0.15) is 6.10 Å². The van der Waals surface area contributed by atoms with E-state index in [4.69, 9.17) is 9.84 Å². The number of unbranched alkanes of at least 4 members (excludes halogenated alkanes) is 12. The lowest BCUT2D eigenvalue weighted by Crippen LogP contribution is -2.18. The molecule has 0 spiro atoms. The predicted octanol–water partition coefficient (Wildman–Crippen LogP) is 5.39. The fourth-order valence-corrected chi connectivity index (χ4v) is 2.61. The zero-order valence-electron chi connectivity index (χ0n) is 14.9. The molecular weight excluding hydrogens is 276 g/mol. The molecule has 0 bridgehead atoms. The molecule has 0 aromatic heterocycles. The van der Waals surface area contributed by atoms with Gasteiger partial charge in [-0.15, -0.1) is 0 Å². The van der Waals surface area contributed by atoms with Crippen molar-refractivity contribution in [3.05, 3.63) is 0 Å². The van der Waals surface area contributed by atoms with Gasteiger partial charge in [0.2, 0.25) is 0 Å². The fourth-order valence-electron chi connectivity index (χ4n) is 2.61. The van der Waals surface area contributed by atoms with Crippen molar-refractivity contribution in [2.45, 2.75) is 110 Å². The van der Waals surface area contributed by atoms with Gasteiger partial charge in [0.05, 0.1) is 6.61 Å². The molecule has 3 heteroatoms. The van der Waals surface area contributed by atoms with Gasteiger partial charge in [-0.2, -0.15) is 0 Å². The van der Waals surface area contributed by atoms with Gasteiger partial charge >= 0.3 is 5.97 Å². The zero-order chi connectivity index (χ0) is 16.5. The molecule has 0 aliphatic carbocycles. The molecule has 0 aromatic carbocycles. The molecule has 0 rings (SSSR count). The van der Waals surface area contributed by atoms with Crippen molar-refractivity contribution in [3.8, 4) is 0 Å². The van der Waals surface area contributed by atoms with Crippen LogP contribution in [0.1, 0.15) is 104 Å². The van der Waals surface area contributed by atoms with E-state index in [0.29, 0.717) is 6.42 Å². The first kappa shape index (κ1) is 21.4. The zero-order valence-corrected chi connectivity index (χ0v) is 14.9. The van der Waals surface area contributed by atoms with Gasteiger partial charge in [-0.1, -0.05) is 84.0 Å². The van der Waals surface area contributed by atoms with Gasteiger partial charge in [0, 0.05) is 6.42 Å². The maximum absolute atomic E-state index is 11.4. The van der Waals surface area contributed by atoms with E-state index in [2.05, 4.69) is 6.92 Å². The number of carbonyl (C=O) groups excluding carboxylic acids is 1. The molecule has 0 radical (unpaired) electrons. The highest BCUT2D eigenvalue weighted by Gasteiger charge is 2.07. The second kappa shape index (κ2) is 16.8. The summed E-state index contributed by atoms with van der Waals surface area (Å²) in [5.41, 5.74) is 0.